The Morgan fingerprint density at radius 3 is 2.32 bits per heavy atom. The summed E-state index contributed by atoms with van der Waals surface area (Å²) in [6.07, 6.45) is -5.31. The Bertz CT molecular complexity index is 1270. The lowest BCUT2D eigenvalue weighted by molar-refractivity contribution is -0.160. The van der Waals surface area contributed by atoms with E-state index in [1.54, 1.807) is 30.3 Å². The first-order valence-electron chi connectivity index (χ1n) is 10.2. The van der Waals surface area contributed by atoms with Gasteiger partial charge in [0.25, 0.3) is 0 Å². The molecule has 6 nitrogen and oxygen atoms in total. The van der Waals surface area contributed by atoms with Crippen molar-refractivity contribution in [1.82, 2.24) is 4.98 Å². The Balaban J connectivity index is 1.83. The van der Waals surface area contributed by atoms with Gasteiger partial charge in [-0.05, 0) is 23.3 Å². The Morgan fingerprint density at radius 1 is 1.09 bits per heavy atom. The topological polar surface area (TPSA) is 99.9 Å². The van der Waals surface area contributed by atoms with E-state index in [2.05, 4.69) is 4.98 Å². The van der Waals surface area contributed by atoms with Gasteiger partial charge in [-0.25, -0.2) is 0 Å². The fraction of sp³-hybridized carbons (Fsp3) is 0.250. The van der Waals surface area contributed by atoms with Crippen molar-refractivity contribution in [2.24, 2.45) is 5.92 Å². The Hall–Kier alpha value is -3.14. The molecule has 10 heteroatoms. The van der Waals surface area contributed by atoms with E-state index in [9.17, 15) is 33.3 Å². The van der Waals surface area contributed by atoms with Crippen molar-refractivity contribution in [1.29, 1.82) is 0 Å². The van der Waals surface area contributed by atoms with Gasteiger partial charge in [-0.3, -0.25) is 9.78 Å². The second-order valence-corrected chi connectivity index (χ2v) is 8.81. The molecule has 34 heavy (non-hydrogen) atoms. The van der Waals surface area contributed by atoms with E-state index in [0.717, 1.165) is 24.3 Å². The average molecular weight is 492 g/mol. The lowest BCUT2D eigenvalue weighted by Gasteiger charge is -2.40. The summed E-state index contributed by atoms with van der Waals surface area (Å²) in [7, 11) is 0. The van der Waals surface area contributed by atoms with Gasteiger partial charge in [0.2, 0.25) is 0 Å². The number of fused-ring (bicyclic) bond motifs is 3. The minimum absolute atomic E-state index is 0.00119. The van der Waals surface area contributed by atoms with Gasteiger partial charge in [0.1, 0.15) is 17.5 Å². The first-order valence-corrected chi connectivity index (χ1v) is 10.6. The fourth-order valence-electron chi connectivity index (χ4n) is 5.31. The van der Waals surface area contributed by atoms with Crippen molar-refractivity contribution in [3.63, 3.8) is 0 Å². The van der Waals surface area contributed by atoms with Gasteiger partial charge < -0.3 is 20.1 Å². The summed E-state index contributed by atoms with van der Waals surface area (Å²) in [5, 5.41) is 33.6. The van der Waals surface area contributed by atoms with E-state index in [4.69, 9.17) is 16.3 Å². The van der Waals surface area contributed by atoms with Gasteiger partial charge in [0.05, 0.1) is 16.5 Å². The van der Waals surface area contributed by atoms with Crippen LogP contribution in [0.15, 0.2) is 66.9 Å². The molecule has 1 aliphatic carbocycles. The lowest BCUT2D eigenvalue weighted by atomic mass is 9.71. The van der Waals surface area contributed by atoms with E-state index in [-0.39, 0.29) is 22.0 Å². The number of halogens is 4. The van der Waals surface area contributed by atoms with Gasteiger partial charge in [0, 0.05) is 18.2 Å². The number of aromatic nitrogens is 1. The van der Waals surface area contributed by atoms with Crippen LogP contribution < -0.4 is 4.74 Å². The van der Waals surface area contributed by atoms with Crippen LogP contribution in [0.5, 0.6) is 5.75 Å². The minimum atomic E-state index is -4.61. The summed E-state index contributed by atoms with van der Waals surface area (Å²) in [5.74, 6) is -4.18. The van der Waals surface area contributed by atoms with Crippen LogP contribution in [-0.2, 0) is 22.2 Å². The van der Waals surface area contributed by atoms with Crippen molar-refractivity contribution in [2.45, 2.75) is 29.4 Å². The number of benzene rings is 2. The number of rotatable bonds is 3. The molecule has 3 aromatic rings. The third kappa shape index (κ3) is 2.90. The molecule has 2 aliphatic rings. The van der Waals surface area contributed by atoms with Crippen LogP contribution in [0.1, 0.15) is 28.3 Å². The van der Waals surface area contributed by atoms with Crippen molar-refractivity contribution < 1.29 is 38.0 Å². The Kier molecular flexibility index (Phi) is 4.95. The molecule has 0 amide bonds. The van der Waals surface area contributed by atoms with Crippen molar-refractivity contribution in [2.75, 3.05) is 0 Å². The molecule has 0 saturated heterocycles. The highest BCUT2D eigenvalue weighted by molar-refractivity contribution is 6.30. The molecule has 5 rings (SSSR count). The molecule has 5 atom stereocenters. The molecule has 1 fully saturated rings. The first kappa shape index (κ1) is 22.6. The summed E-state index contributed by atoms with van der Waals surface area (Å²) in [6.45, 7) is 0. The average Bonchev–Trinajstić information content (AvgIpc) is 3.16. The van der Waals surface area contributed by atoms with Crippen molar-refractivity contribution >= 4 is 17.6 Å². The van der Waals surface area contributed by atoms with E-state index in [1.807, 2.05) is 0 Å². The highest BCUT2D eigenvalue weighted by atomic mass is 35.5. The number of aliphatic carboxylic acids is 1. The van der Waals surface area contributed by atoms with Crippen LogP contribution in [-0.4, -0.2) is 32.4 Å². The largest absolute Gasteiger partial charge is 0.481 e. The number of carboxylic acid groups (broad SMARTS) is 1. The zero-order valence-electron chi connectivity index (χ0n) is 17.2. The molecular weight excluding hydrogens is 475 g/mol. The fourth-order valence-corrected chi connectivity index (χ4v) is 5.46. The molecular formula is C24H17ClF3NO5. The maximum Gasteiger partial charge on any atom is 0.416 e. The number of hydrogen-bond donors (Lipinski definition) is 3. The summed E-state index contributed by atoms with van der Waals surface area (Å²) in [4.78, 5) is 16.5. The number of aliphatic hydroxyl groups is 2. The number of hydrogen-bond acceptors (Lipinski definition) is 5. The number of carbonyl (C=O) groups is 1. The Labute approximate surface area is 196 Å². The minimum Gasteiger partial charge on any atom is -0.481 e. The van der Waals surface area contributed by atoms with Crippen LogP contribution in [0.4, 0.5) is 13.2 Å². The normalized spacial score (nSPS) is 29.9. The molecule has 0 spiro atoms. The van der Waals surface area contributed by atoms with E-state index in [0.29, 0.717) is 5.56 Å². The molecule has 1 aliphatic heterocycles. The lowest BCUT2D eigenvalue weighted by Crippen LogP contribution is -2.52. The summed E-state index contributed by atoms with van der Waals surface area (Å²) >= 11 is 6.05. The smallest absolute Gasteiger partial charge is 0.416 e. The Morgan fingerprint density at radius 2 is 1.74 bits per heavy atom. The van der Waals surface area contributed by atoms with Crippen LogP contribution in [0.25, 0.3) is 0 Å². The third-order valence-electron chi connectivity index (χ3n) is 6.67. The van der Waals surface area contributed by atoms with Crippen LogP contribution in [0.3, 0.4) is 0 Å². The van der Waals surface area contributed by atoms with Gasteiger partial charge in [-0.2, -0.15) is 13.2 Å². The van der Waals surface area contributed by atoms with Gasteiger partial charge in [-0.1, -0.05) is 54.1 Å². The van der Waals surface area contributed by atoms with E-state index >= 15 is 0 Å². The summed E-state index contributed by atoms with van der Waals surface area (Å²) in [5.41, 5.74) is -5.04. The summed E-state index contributed by atoms with van der Waals surface area (Å²) in [6, 6.07) is 13.5. The predicted octanol–water partition coefficient (Wildman–Crippen LogP) is 4.09. The van der Waals surface area contributed by atoms with E-state index in [1.165, 1.54) is 12.3 Å². The zero-order valence-corrected chi connectivity index (χ0v) is 18.0. The standard InChI is InChI=1S/C24H17ClF3NO5/c25-15-10-16-19(29-11-15)22(33)20(30)17(21(31)32)18(12-4-2-1-3-5-12)23(22,34-16)13-6-8-14(9-7-13)24(26,27)28/h1-11,17-18,20,30,33H,(H,31,32). The van der Waals surface area contributed by atoms with Crippen LogP contribution >= 0.6 is 11.6 Å². The third-order valence-corrected chi connectivity index (χ3v) is 6.87. The number of alkyl halides is 3. The highest BCUT2D eigenvalue weighted by Gasteiger charge is 2.78. The molecule has 2 aromatic carbocycles. The number of carboxylic acids is 1. The molecule has 176 valence electrons. The van der Waals surface area contributed by atoms with Gasteiger partial charge in [-0.15, -0.1) is 0 Å². The number of nitrogens with zero attached hydrogens (tertiary/aromatic N) is 1. The number of pyridine rings is 1. The predicted molar refractivity (Wildman–Crippen MR) is 113 cm³/mol. The van der Waals surface area contributed by atoms with E-state index < -0.39 is 46.9 Å². The molecule has 0 radical (unpaired) electrons. The maximum atomic E-state index is 13.2. The number of aliphatic hydroxyl groups excluding tert-OH is 1. The second kappa shape index (κ2) is 7.43. The molecule has 1 saturated carbocycles. The molecule has 1 aromatic heterocycles. The number of ether oxygens (including phenoxy) is 1. The molecule has 2 heterocycles. The molecule has 5 unspecified atom stereocenters. The molecule has 3 N–H and O–H groups in total. The SMILES string of the molecule is O=C(O)C1C(O)C2(O)c3ncc(Cl)cc3OC2(c2ccc(C(F)(F)F)cc2)C1c1ccccc1. The molecule has 0 bridgehead atoms. The summed E-state index contributed by atoms with van der Waals surface area (Å²) < 4.78 is 46.0. The van der Waals surface area contributed by atoms with Crippen LogP contribution in [0, 0.1) is 5.92 Å². The van der Waals surface area contributed by atoms with Crippen LogP contribution in [0.2, 0.25) is 5.02 Å². The monoisotopic (exact) mass is 491 g/mol. The quantitative estimate of drug-likeness (QED) is 0.510. The van der Waals surface area contributed by atoms with Crippen molar-refractivity contribution in [3.8, 4) is 5.75 Å². The zero-order chi connectivity index (χ0) is 24.5. The van der Waals surface area contributed by atoms with Gasteiger partial charge in [0.15, 0.2) is 11.2 Å². The highest BCUT2D eigenvalue weighted by Crippen LogP contribution is 2.68. The van der Waals surface area contributed by atoms with Crippen molar-refractivity contribution in [3.05, 3.63) is 94.3 Å². The second-order valence-electron chi connectivity index (χ2n) is 8.38. The van der Waals surface area contributed by atoms with Gasteiger partial charge >= 0.3 is 12.1 Å². The maximum absolute atomic E-state index is 13.2. The first-order chi connectivity index (χ1) is 16.0.